The first-order valence-corrected chi connectivity index (χ1v) is 6.97. The van der Waals surface area contributed by atoms with E-state index in [9.17, 15) is 14.9 Å². The highest BCUT2D eigenvalue weighted by atomic mass is 79.9. The minimum atomic E-state index is -0.988. The number of carbonyl (C=O) groups is 1. The Morgan fingerprint density at radius 1 is 1.40 bits per heavy atom. The minimum Gasteiger partial charge on any atom is -0.487 e. The zero-order valence-corrected chi connectivity index (χ0v) is 12.3. The van der Waals surface area contributed by atoms with Gasteiger partial charge in [-0.25, -0.2) is 4.79 Å². The molecule has 0 bridgehead atoms. The van der Waals surface area contributed by atoms with Gasteiger partial charge in [0.15, 0.2) is 0 Å². The van der Waals surface area contributed by atoms with Crippen LogP contribution in [0.3, 0.4) is 0 Å². The lowest BCUT2D eigenvalue weighted by molar-refractivity contribution is -0.385. The van der Waals surface area contributed by atoms with E-state index in [1.54, 1.807) is 6.07 Å². The van der Waals surface area contributed by atoms with Crippen molar-refractivity contribution >= 4 is 38.9 Å². The number of rotatable bonds is 5. The lowest BCUT2D eigenvalue weighted by Crippen LogP contribution is -1.95. The predicted octanol–water partition coefficient (Wildman–Crippen LogP) is 3.70. The number of non-ortho nitro benzene ring substituents is 1. The van der Waals surface area contributed by atoms with E-state index in [0.717, 1.165) is 16.2 Å². The fourth-order valence-corrected chi connectivity index (χ4v) is 2.56. The molecule has 104 valence electrons. The van der Waals surface area contributed by atoms with Crippen LogP contribution in [0, 0.1) is 10.1 Å². The summed E-state index contributed by atoms with van der Waals surface area (Å²) in [5.41, 5.74) is -0.0689. The number of thiophene rings is 1. The number of aromatic carboxylic acids is 1. The van der Waals surface area contributed by atoms with Crippen LogP contribution in [0.25, 0.3) is 0 Å². The molecule has 20 heavy (non-hydrogen) atoms. The van der Waals surface area contributed by atoms with Crippen LogP contribution >= 0.6 is 27.3 Å². The van der Waals surface area contributed by atoms with Crippen LogP contribution in [-0.2, 0) is 6.61 Å². The maximum atomic E-state index is 10.7. The molecule has 0 aliphatic carbocycles. The lowest BCUT2D eigenvalue weighted by Gasteiger charge is -2.06. The number of carboxylic acids is 1. The summed E-state index contributed by atoms with van der Waals surface area (Å²) < 4.78 is 6.07. The summed E-state index contributed by atoms with van der Waals surface area (Å²) in [6, 6.07) is 7.36. The van der Waals surface area contributed by atoms with Crippen molar-refractivity contribution in [3.05, 3.63) is 54.7 Å². The van der Waals surface area contributed by atoms with Crippen LogP contribution < -0.4 is 4.74 Å². The zero-order valence-electron chi connectivity index (χ0n) is 9.91. The Labute approximate surface area is 125 Å². The predicted molar refractivity (Wildman–Crippen MR) is 76.4 cm³/mol. The van der Waals surface area contributed by atoms with Gasteiger partial charge < -0.3 is 9.84 Å². The molecule has 0 radical (unpaired) electrons. The van der Waals surface area contributed by atoms with E-state index < -0.39 is 10.9 Å². The van der Waals surface area contributed by atoms with Gasteiger partial charge in [-0.2, -0.15) is 0 Å². The Morgan fingerprint density at radius 3 is 2.75 bits per heavy atom. The summed E-state index contributed by atoms with van der Waals surface area (Å²) in [6.45, 7) is 0.151. The number of benzene rings is 1. The van der Waals surface area contributed by atoms with Crippen LogP contribution in [0.1, 0.15) is 14.5 Å². The van der Waals surface area contributed by atoms with Gasteiger partial charge in [0.2, 0.25) is 0 Å². The molecule has 0 saturated carbocycles. The Balaban J connectivity index is 2.11. The zero-order chi connectivity index (χ0) is 14.7. The van der Waals surface area contributed by atoms with Gasteiger partial charge in [0.25, 0.3) is 5.69 Å². The quantitative estimate of drug-likeness (QED) is 0.650. The number of nitrogens with zero attached hydrogens (tertiary/aromatic N) is 1. The monoisotopic (exact) mass is 357 g/mol. The van der Waals surface area contributed by atoms with E-state index in [1.165, 1.54) is 24.3 Å². The van der Waals surface area contributed by atoms with Gasteiger partial charge in [0.05, 0.1) is 15.5 Å². The van der Waals surface area contributed by atoms with Crippen molar-refractivity contribution < 1.29 is 19.6 Å². The van der Waals surface area contributed by atoms with Crippen molar-refractivity contribution in [3.63, 3.8) is 0 Å². The number of nitro benzene ring substituents is 1. The van der Waals surface area contributed by atoms with Crippen LogP contribution in [0.5, 0.6) is 5.75 Å². The molecule has 0 unspecified atom stereocenters. The normalized spacial score (nSPS) is 10.2. The first kappa shape index (κ1) is 14.5. The van der Waals surface area contributed by atoms with Gasteiger partial charge in [0.1, 0.15) is 17.2 Å². The highest BCUT2D eigenvalue weighted by Crippen LogP contribution is 2.30. The van der Waals surface area contributed by atoms with E-state index in [1.807, 2.05) is 0 Å². The second kappa shape index (κ2) is 6.02. The van der Waals surface area contributed by atoms with Gasteiger partial charge in [0, 0.05) is 10.9 Å². The van der Waals surface area contributed by atoms with Crippen molar-refractivity contribution in [3.8, 4) is 5.75 Å². The topological polar surface area (TPSA) is 89.7 Å². The van der Waals surface area contributed by atoms with Crippen LogP contribution in [0.2, 0.25) is 0 Å². The minimum absolute atomic E-state index is 0.0689. The van der Waals surface area contributed by atoms with Crippen molar-refractivity contribution in [1.82, 2.24) is 0 Å². The third-order valence-corrected chi connectivity index (χ3v) is 4.07. The Kier molecular flexibility index (Phi) is 4.35. The van der Waals surface area contributed by atoms with E-state index in [-0.39, 0.29) is 17.2 Å². The SMILES string of the molecule is O=C(O)c1ccc(COc2cc([N+](=O)[O-])ccc2Br)s1. The molecule has 6 nitrogen and oxygen atoms in total. The molecule has 8 heteroatoms. The van der Waals surface area contributed by atoms with Crippen LogP contribution in [0.4, 0.5) is 5.69 Å². The average molecular weight is 358 g/mol. The number of nitro groups is 1. The van der Waals surface area contributed by atoms with Crippen LogP contribution in [0.15, 0.2) is 34.8 Å². The van der Waals surface area contributed by atoms with Gasteiger partial charge in [-0.3, -0.25) is 10.1 Å². The smallest absolute Gasteiger partial charge is 0.345 e. The summed E-state index contributed by atoms with van der Waals surface area (Å²) in [5, 5.41) is 19.5. The van der Waals surface area contributed by atoms with Crippen LogP contribution in [-0.4, -0.2) is 16.0 Å². The Morgan fingerprint density at radius 2 is 2.15 bits per heavy atom. The number of hydrogen-bond acceptors (Lipinski definition) is 5. The van der Waals surface area contributed by atoms with Gasteiger partial charge >= 0.3 is 5.97 Å². The van der Waals surface area contributed by atoms with Crippen molar-refractivity contribution in [2.45, 2.75) is 6.61 Å². The molecule has 0 fully saturated rings. The molecule has 1 aromatic heterocycles. The standard InChI is InChI=1S/C12H8BrNO5S/c13-9-3-1-7(14(17)18)5-10(9)19-6-8-2-4-11(20-8)12(15)16/h1-5H,6H2,(H,15,16). The van der Waals surface area contributed by atoms with E-state index in [0.29, 0.717) is 10.2 Å². The molecule has 0 amide bonds. The third kappa shape index (κ3) is 3.34. The summed E-state index contributed by atoms with van der Waals surface area (Å²) in [5.74, 6) is -0.651. The lowest BCUT2D eigenvalue weighted by atomic mass is 10.3. The maximum absolute atomic E-state index is 10.7. The summed E-state index contributed by atoms with van der Waals surface area (Å²) >= 11 is 4.35. The summed E-state index contributed by atoms with van der Waals surface area (Å²) in [6.07, 6.45) is 0. The molecule has 0 spiro atoms. The van der Waals surface area contributed by atoms with E-state index in [2.05, 4.69) is 15.9 Å². The molecule has 1 heterocycles. The number of carboxylic acid groups (broad SMARTS) is 1. The molecule has 2 aromatic rings. The molecule has 0 saturated heterocycles. The molecule has 0 atom stereocenters. The van der Waals surface area contributed by atoms with Crippen molar-refractivity contribution in [1.29, 1.82) is 0 Å². The Bertz CT molecular complexity index is 670. The number of hydrogen-bond donors (Lipinski definition) is 1. The molecular formula is C12H8BrNO5S. The second-order valence-corrected chi connectivity index (χ2v) is 5.75. The highest BCUT2D eigenvalue weighted by molar-refractivity contribution is 9.10. The fourth-order valence-electron chi connectivity index (χ4n) is 1.44. The first-order valence-electron chi connectivity index (χ1n) is 5.36. The second-order valence-electron chi connectivity index (χ2n) is 3.73. The first-order chi connectivity index (χ1) is 9.47. The summed E-state index contributed by atoms with van der Waals surface area (Å²) in [4.78, 5) is 21.9. The molecule has 2 rings (SSSR count). The molecule has 0 aliphatic rings. The average Bonchev–Trinajstić information content (AvgIpc) is 2.86. The molecule has 0 aliphatic heterocycles. The van der Waals surface area contributed by atoms with Crippen molar-refractivity contribution in [2.75, 3.05) is 0 Å². The van der Waals surface area contributed by atoms with E-state index >= 15 is 0 Å². The fraction of sp³-hybridized carbons (Fsp3) is 0.0833. The molecule has 1 aromatic carbocycles. The highest BCUT2D eigenvalue weighted by Gasteiger charge is 2.12. The third-order valence-electron chi connectivity index (χ3n) is 2.37. The van der Waals surface area contributed by atoms with Crippen molar-refractivity contribution in [2.24, 2.45) is 0 Å². The van der Waals surface area contributed by atoms with Gasteiger partial charge in [-0.05, 0) is 34.1 Å². The number of ether oxygens (including phenoxy) is 1. The summed E-state index contributed by atoms with van der Waals surface area (Å²) in [7, 11) is 0. The molecular weight excluding hydrogens is 350 g/mol. The maximum Gasteiger partial charge on any atom is 0.345 e. The Hall–Kier alpha value is -1.93. The largest absolute Gasteiger partial charge is 0.487 e. The van der Waals surface area contributed by atoms with Gasteiger partial charge in [-0.1, -0.05) is 0 Å². The number of halogens is 1. The molecule has 1 N–H and O–H groups in total. The van der Waals surface area contributed by atoms with E-state index in [4.69, 9.17) is 9.84 Å². The van der Waals surface area contributed by atoms with Gasteiger partial charge in [-0.15, -0.1) is 11.3 Å².